The molecule has 9 heteroatoms. The van der Waals surface area contributed by atoms with Crippen molar-refractivity contribution < 1.29 is 24.2 Å². The lowest BCUT2D eigenvalue weighted by Crippen LogP contribution is -2.42. The quantitative estimate of drug-likeness (QED) is 0.329. The number of nitrogens with zero attached hydrogens (tertiary/aromatic N) is 2. The molecule has 0 aromatic heterocycles. The summed E-state index contributed by atoms with van der Waals surface area (Å²) in [6.45, 7) is 7.51. The van der Waals surface area contributed by atoms with Crippen LogP contribution in [0.4, 0.5) is 0 Å². The minimum atomic E-state index is -0.794. The first-order valence-electron chi connectivity index (χ1n) is 11.6. The standard InChI is InChI=1S/C26H28Cl2N2O5/c1-16(2)35-19-6-3-17(4-7-19)24(31)22-23(18-5-8-20(27)21(28)15-18)30(26(33)25(22)32)10-9-29-11-13-34-14-12-29/h3-8,15-16,23,31H,9-14H2,1-2H3/b24-22+. The average Bonchev–Trinajstić information content (AvgIpc) is 3.09. The Bertz CT molecular complexity index is 1130. The zero-order valence-corrected chi connectivity index (χ0v) is 21.2. The fourth-order valence-electron chi connectivity index (χ4n) is 4.33. The lowest BCUT2D eigenvalue weighted by Gasteiger charge is -2.31. The van der Waals surface area contributed by atoms with Crippen molar-refractivity contribution in [3.8, 4) is 5.75 Å². The van der Waals surface area contributed by atoms with Gasteiger partial charge in [0.15, 0.2) is 0 Å². The van der Waals surface area contributed by atoms with Gasteiger partial charge in [0.1, 0.15) is 11.5 Å². The maximum atomic E-state index is 13.2. The average molecular weight is 519 g/mol. The van der Waals surface area contributed by atoms with Crippen molar-refractivity contribution in [2.24, 2.45) is 0 Å². The van der Waals surface area contributed by atoms with Gasteiger partial charge < -0.3 is 19.5 Å². The number of hydrogen-bond donors (Lipinski definition) is 1. The molecule has 2 aromatic rings. The van der Waals surface area contributed by atoms with Crippen LogP contribution in [0.1, 0.15) is 31.0 Å². The molecule has 1 atom stereocenters. The van der Waals surface area contributed by atoms with E-state index < -0.39 is 17.7 Å². The number of amides is 1. The number of rotatable bonds is 7. The van der Waals surface area contributed by atoms with Crippen molar-refractivity contribution in [1.29, 1.82) is 0 Å². The molecule has 7 nitrogen and oxygen atoms in total. The number of likely N-dealkylation sites (tertiary alicyclic amines) is 1. The first-order valence-corrected chi connectivity index (χ1v) is 12.3. The molecular weight excluding hydrogens is 491 g/mol. The number of hydrogen-bond acceptors (Lipinski definition) is 6. The Morgan fingerprint density at radius 2 is 1.74 bits per heavy atom. The summed E-state index contributed by atoms with van der Waals surface area (Å²) in [5.74, 6) is -0.994. The molecular formula is C26H28Cl2N2O5. The molecule has 0 saturated carbocycles. The summed E-state index contributed by atoms with van der Waals surface area (Å²) >= 11 is 12.4. The summed E-state index contributed by atoms with van der Waals surface area (Å²) in [7, 11) is 0. The molecule has 0 spiro atoms. The van der Waals surface area contributed by atoms with Crippen LogP contribution in [-0.2, 0) is 14.3 Å². The number of carbonyl (C=O) groups is 2. The van der Waals surface area contributed by atoms with Crippen LogP contribution >= 0.6 is 23.2 Å². The molecule has 0 bridgehead atoms. The monoisotopic (exact) mass is 518 g/mol. The van der Waals surface area contributed by atoms with E-state index in [1.807, 2.05) is 13.8 Å². The van der Waals surface area contributed by atoms with E-state index in [1.165, 1.54) is 4.90 Å². The minimum absolute atomic E-state index is 0.000825. The third kappa shape index (κ3) is 5.64. The predicted octanol–water partition coefficient (Wildman–Crippen LogP) is 4.53. The fraction of sp³-hybridized carbons (Fsp3) is 0.385. The molecule has 1 amide bonds. The Hall–Kier alpha value is -2.58. The number of halogens is 2. The van der Waals surface area contributed by atoms with Crippen LogP contribution in [-0.4, -0.2) is 72.1 Å². The maximum absolute atomic E-state index is 13.2. The van der Waals surface area contributed by atoms with E-state index in [0.717, 1.165) is 13.1 Å². The van der Waals surface area contributed by atoms with E-state index in [0.29, 0.717) is 53.2 Å². The molecule has 2 aliphatic rings. The molecule has 2 saturated heterocycles. The number of morpholine rings is 1. The molecule has 2 aliphatic heterocycles. The van der Waals surface area contributed by atoms with Crippen molar-refractivity contribution in [1.82, 2.24) is 9.80 Å². The molecule has 0 aliphatic carbocycles. The van der Waals surface area contributed by atoms with Gasteiger partial charge in [0.25, 0.3) is 11.7 Å². The Labute approximate surface area is 214 Å². The second-order valence-corrected chi connectivity index (χ2v) is 9.63. The van der Waals surface area contributed by atoms with Gasteiger partial charge in [-0.15, -0.1) is 0 Å². The summed E-state index contributed by atoms with van der Waals surface area (Å²) in [5.41, 5.74) is 1.03. The normalized spacial score (nSPS) is 20.6. The number of benzene rings is 2. The smallest absolute Gasteiger partial charge is 0.295 e. The van der Waals surface area contributed by atoms with Gasteiger partial charge in [-0.25, -0.2) is 0 Å². The maximum Gasteiger partial charge on any atom is 0.295 e. The van der Waals surface area contributed by atoms with Gasteiger partial charge in [-0.2, -0.15) is 0 Å². The third-order valence-electron chi connectivity index (χ3n) is 6.06. The van der Waals surface area contributed by atoms with E-state index in [9.17, 15) is 14.7 Å². The van der Waals surface area contributed by atoms with Crippen LogP contribution in [0.15, 0.2) is 48.0 Å². The second-order valence-electron chi connectivity index (χ2n) is 8.81. The molecule has 2 heterocycles. The molecule has 2 fully saturated rings. The van der Waals surface area contributed by atoms with E-state index in [-0.39, 0.29) is 17.4 Å². The van der Waals surface area contributed by atoms with Crippen LogP contribution in [0.2, 0.25) is 10.0 Å². The van der Waals surface area contributed by atoms with Crippen molar-refractivity contribution in [2.45, 2.75) is 26.0 Å². The molecule has 35 heavy (non-hydrogen) atoms. The summed E-state index contributed by atoms with van der Waals surface area (Å²) in [6, 6.07) is 11.0. The number of Topliss-reactive ketones (excluding diaryl/α,β-unsaturated/α-hetero) is 1. The summed E-state index contributed by atoms with van der Waals surface area (Å²) in [5, 5.41) is 11.9. The Kier molecular flexibility index (Phi) is 8.02. The van der Waals surface area contributed by atoms with Crippen LogP contribution in [0, 0.1) is 0 Å². The van der Waals surface area contributed by atoms with Gasteiger partial charge >= 0.3 is 0 Å². The zero-order valence-electron chi connectivity index (χ0n) is 19.7. The summed E-state index contributed by atoms with van der Waals surface area (Å²) in [4.78, 5) is 30.0. The molecule has 186 valence electrons. The van der Waals surface area contributed by atoms with E-state index in [2.05, 4.69) is 4.90 Å². The Morgan fingerprint density at radius 1 is 1.06 bits per heavy atom. The lowest BCUT2D eigenvalue weighted by molar-refractivity contribution is -0.140. The molecule has 1 N–H and O–H groups in total. The van der Waals surface area contributed by atoms with Crippen molar-refractivity contribution >= 4 is 40.7 Å². The highest BCUT2D eigenvalue weighted by Gasteiger charge is 2.46. The van der Waals surface area contributed by atoms with Crippen LogP contribution < -0.4 is 4.74 Å². The van der Waals surface area contributed by atoms with E-state index in [1.54, 1.807) is 42.5 Å². The highest BCUT2D eigenvalue weighted by molar-refractivity contribution is 6.46. The van der Waals surface area contributed by atoms with E-state index >= 15 is 0 Å². The fourth-order valence-corrected chi connectivity index (χ4v) is 4.64. The third-order valence-corrected chi connectivity index (χ3v) is 6.80. The topological polar surface area (TPSA) is 79.3 Å². The number of aliphatic hydroxyl groups is 1. The van der Waals surface area contributed by atoms with E-state index in [4.69, 9.17) is 32.7 Å². The Balaban J connectivity index is 1.72. The van der Waals surface area contributed by atoms with Gasteiger partial charge in [-0.3, -0.25) is 14.5 Å². The van der Waals surface area contributed by atoms with Crippen molar-refractivity contribution in [3.63, 3.8) is 0 Å². The zero-order chi connectivity index (χ0) is 25.1. The SMILES string of the molecule is CC(C)Oc1ccc(/C(O)=C2\C(=O)C(=O)N(CCN3CCOCC3)C2c2ccc(Cl)c(Cl)c2)cc1. The van der Waals surface area contributed by atoms with Gasteiger partial charge in [0, 0.05) is 31.7 Å². The van der Waals surface area contributed by atoms with Crippen molar-refractivity contribution in [2.75, 3.05) is 39.4 Å². The van der Waals surface area contributed by atoms with Crippen LogP contribution in [0.5, 0.6) is 5.75 Å². The van der Waals surface area contributed by atoms with Crippen LogP contribution in [0.3, 0.4) is 0 Å². The van der Waals surface area contributed by atoms with Gasteiger partial charge in [0.05, 0.1) is 41.0 Å². The van der Waals surface area contributed by atoms with Gasteiger partial charge in [-0.05, 0) is 55.8 Å². The van der Waals surface area contributed by atoms with Crippen LogP contribution in [0.25, 0.3) is 5.76 Å². The second kappa shape index (κ2) is 11.0. The number of carbonyl (C=O) groups excluding carboxylic acids is 2. The minimum Gasteiger partial charge on any atom is -0.507 e. The number of ketones is 1. The highest BCUT2D eigenvalue weighted by Crippen LogP contribution is 2.41. The number of ether oxygens (including phenoxy) is 2. The molecule has 0 radical (unpaired) electrons. The lowest BCUT2D eigenvalue weighted by atomic mass is 9.95. The largest absolute Gasteiger partial charge is 0.507 e. The first kappa shape index (κ1) is 25.5. The summed E-state index contributed by atoms with van der Waals surface area (Å²) in [6.07, 6.45) is 0.000825. The molecule has 1 unspecified atom stereocenters. The predicted molar refractivity (Wildman–Crippen MR) is 135 cm³/mol. The highest BCUT2D eigenvalue weighted by atomic mass is 35.5. The number of aliphatic hydroxyl groups excluding tert-OH is 1. The molecule has 2 aromatic carbocycles. The summed E-state index contributed by atoms with van der Waals surface area (Å²) < 4.78 is 11.1. The van der Waals surface area contributed by atoms with Gasteiger partial charge in [0.2, 0.25) is 0 Å². The Morgan fingerprint density at radius 3 is 2.37 bits per heavy atom. The van der Waals surface area contributed by atoms with Gasteiger partial charge in [-0.1, -0.05) is 29.3 Å². The van der Waals surface area contributed by atoms with Crippen molar-refractivity contribution in [3.05, 3.63) is 69.2 Å². The molecule has 4 rings (SSSR count). The first-order chi connectivity index (χ1) is 16.8.